The number of amides is 1. The molecule has 7 heteroatoms. The van der Waals surface area contributed by atoms with Gasteiger partial charge in [-0.15, -0.1) is 11.6 Å². The normalized spacial score (nSPS) is 27.4. The largest absolute Gasteiger partial charge is 0.396 e. The van der Waals surface area contributed by atoms with Gasteiger partial charge in [-0.3, -0.25) is 9.59 Å². The zero-order chi connectivity index (χ0) is 22.8. The average molecular weight is 457 g/mol. The lowest BCUT2D eigenvalue weighted by molar-refractivity contribution is -0.130. The maximum absolute atomic E-state index is 13.1. The summed E-state index contributed by atoms with van der Waals surface area (Å²) in [4.78, 5) is 30.8. The molecular formula is C24H41ClN2O4. The van der Waals surface area contributed by atoms with Crippen molar-refractivity contribution in [1.29, 1.82) is 0 Å². The van der Waals surface area contributed by atoms with Crippen LogP contribution in [0.25, 0.3) is 0 Å². The van der Waals surface area contributed by atoms with E-state index < -0.39 is 12.0 Å². The van der Waals surface area contributed by atoms with Gasteiger partial charge in [0.1, 0.15) is 12.4 Å². The number of halogens is 1. The second-order valence-corrected chi connectivity index (χ2v) is 9.66. The van der Waals surface area contributed by atoms with E-state index >= 15 is 0 Å². The lowest BCUT2D eigenvalue weighted by atomic mass is 9.67. The van der Waals surface area contributed by atoms with E-state index in [9.17, 15) is 14.7 Å². The summed E-state index contributed by atoms with van der Waals surface area (Å²) in [7, 11) is 0. The molecule has 6 nitrogen and oxygen atoms in total. The summed E-state index contributed by atoms with van der Waals surface area (Å²) in [5, 5.41) is 18.0. The van der Waals surface area contributed by atoms with Gasteiger partial charge in [-0.25, -0.2) is 0 Å². The third-order valence-electron chi connectivity index (χ3n) is 7.03. The van der Waals surface area contributed by atoms with Gasteiger partial charge in [-0.2, -0.15) is 0 Å². The number of hydrogen-bond acceptors (Lipinski definition) is 5. The van der Waals surface area contributed by atoms with Crippen molar-refractivity contribution in [3.05, 3.63) is 0 Å². The van der Waals surface area contributed by atoms with Gasteiger partial charge in [-0.05, 0) is 44.4 Å². The first kappa shape index (κ1) is 26.1. The molecule has 2 fully saturated rings. The summed E-state index contributed by atoms with van der Waals surface area (Å²) >= 11 is 6.48. The lowest BCUT2D eigenvalue weighted by Crippen LogP contribution is -2.47. The monoisotopic (exact) mass is 456 g/mol. The Balaban J connectivity index is 2.04. The first-order chi connectivity index (χ1) is 14.9. The zero-order valence-corrected chi connectivity index (χ0v) is 20.2. The van der Waals surface area contributed by atoms with Gasteiger partial charge in [-0.1, -0.05) is 51.1 Å². The van der Waals surface area contributed by atoms with Crippen LogP contribution < -0.4 is 5.32 Å². The smallest absolute Gasteiger partial charge is 0.223 e. The third kappa shape index (κ3) is 7.45. The van der Waals surface area contributed by atoms with E-state index in [1.165, 1.54) is 32.1 Å². The Kier molecular flexibility index (Phi) is 11.3. The Morgan fingerprint density at radius 2 is 1.81 bits per heavy atom. The van der Waals surface area contributed by atoms with Crippen LogP contribution >= 0.6 is 11.6 Å². The number of aliphatic hydroxyl groups excluding tert-OH is 1. The maximum Gasteiger partial charge on any atom is 0.223 e. The quantitative estimate of drug-likeness (QED) is 0.273. The number of alkyl halides is 1. The molecule has 0 aliphatic heterocycles. The summed E-state index contributed by atoms with van der Waals surface area (Å²) in [5.41, 5.74) is 0.526. The predicted molar refractivity (Wildman–Crippen MR) is 124 cm³/mol. The Labute approximate surface area is 192 Å². The van der Waals surface area contributed by atoms with Crippen LogP contribution in [-0.2, 0) is 14.4 Å². The molecule has 0 aromatic rings. The van der Waals surface area contributed by atoms with Gasteiger partial charge in [0.25, 0.3) is 0 Å². The minimum absolute atomic E-state index is 0.0133. The Bertz CT molecular complexity index is 606. The number of nitrogens with zero attached hydrogens (tertiary/aromatic N) is 1. The van der Waals surface area contributed by atoms with E-state index in [0.717, 1.165) is 19.3 Å². The highest BCUT2D eigenvalue weighted by molar-refractivity contribution is 6.20. The van der Waals surface area contributed by atoms with Crippen molar-refractivity contribution in [2.24, 2.45) is 28.8 Å². The van der Waals surface area contributed by atoms with Crippen LogP contribution in [-0.4, -0.2) is 47.1 Å². The highest BCUT2D eigenvalue weighted by atomic mass is 35.5. The van der Waals surface area contributed by atoms with E-state index in [0.29, 0.717) is 37.0 Å². The molecule has 0 spiro atoms. The van der Waals surface area contributed by atoms with Crippen LogP contribution in [0.4, 0.5) is 0 Å². The van der Waals surface area contributed by atoms with E-state index in [1.54, 1.807) is 6.92 Å². The minimum atomic E-state index is -1.02. The zero-order valence-electron chi connectivity index (χ0n) is 19.4. The number of oxime groups is 1. The van der Waals surface area contributed by atoms with Gasteiger partial charge in [0, 0.05) is 24.3 Å². The van der Waals surface area contributed by atoms with Crippen LogP contribution in [0.1, 0.15) is 85.0 Å². The van der Waals surface area contributed by atoms with Crippen molar-refractivity contribution in [3.8, 4) is 0 Å². The highest BCUT2D eigenvalue weighted by Crippen LogP contribution is 2.43. The molecule has 2 aliphatic carbocycles. The average Bonchev–Trinajstić information content (AvgIpc) is 2.80. The summed E-state index contributed by atoms with van der Waals surface area (Å²) in [6.07, 6.45) is 8.44. The van der Waals surface area contributed by atoms with Crippen molar-refractivity contribution in [2.45, 2.75) is 96.5 Å². The summed E-state index contributed by atoms with van der Waals surface area (Å²) in [5.74, 6) is -0.0451. The van der Waals surface area contributed by atoms with Crippen LogP contribution in [0.3, 0.4) is 0 Å². The van der Waals surface area contributed by atoms with E-state index in [-0.39, 0.29) is 29.5 Å². The number of nitrogens with one attached hydrogen (secondary N) is 1. The number of aliphatic hydroxyl groups is 1. The molecule has 0 radical (unpaired) electrons. The fourth-order valence-corrected chi connectivity index (χ4v) is 5.68. The van der Waals surface area contributed by atoms with Gasteiger partial charge in [0.05, 0.1) is 17.7 Å². The van der Waals surface area contributed by atoms with Crippen LogP contribution in [0.2, 0.25) is 0 Å². The molecule has 0 heterocycles. The van der Waals surface area contributed by atoms with Gasteiger partial charge >= 0.3 is 0 Å². The molecule has 178 valence electrons. The number of Topliss-reactive ketones (excluding diaryl/α,β-unsaturated/α-hetero) is 1. The SMILES string of the molecule is CCO/N=C(\CC)C(C(=O)CC)C(O)CNC(=O)C1CCC(Cl)CC1C1CCCCC1. The Hall–Kier alpha value is -1.14. The molecule has 2 N–H and O–H groups in total. The van der Waals surface area contributed by atoms with E-state index in [2.05, 4.69) is 10.5 Å². The number of rotatable bonds is 11. The topological polar surface area (TPSA) is 88.0 Å². The molecule has 5 unspecified atom stereocenters. The van der Waals surface area contributed by atoms with Crippen molar-refractivity contribution in [2.75, 3.05) is 13.2 Å². The van der Waals surface area contributed by atoms with E-state index in [4.69, 9.17) is 16.4 Å². The van der Waals surface area contributed by atoms with Crippen molar-refractivity contribution in [3.63, 3.8) is 0 Å². The first-order valence-electron chi connectivity index (χ1n) is 12.2. The summed E-state index contributed by atoms with van der Waals surface area (Å²) in [6.45, 7) is 5.92. The molecule has 0 aromatic carbocycles. The minimum Gasteiger partial charge on any atom is -0.396 e. The molecule has 31 heavy (non-hydrogen) atoms. The molecule has 2 rings (SSSR count). The second kappa shape index (κ2) is 13.4. The molecule has 2 saturated carbocycles. The second-order valence-electron chi connectivity index (χ2n) is 9.04. The van der Waals surface area contributed by atoms with Crippen LogP contribution in [0.5, 0.6) is 0 Å². The lowest BCUT2D eigenvalue weighted by Gasteiger charge is -2.40. The number of ketones is 1. The molecule has 0 saturated heterocycles. The van der Waals surface area contributed by atoms with Gasteiger partial charge in [0.15, 0.2) is 0 Å². The van der Waals surface area contributed by atoms with Crippen LogP contribution in [0.15, 0.2) is 5.16 Å². The van der Waals surface area contributed by atoms with Crippen molar-refractivity contribution >= 4 is 29.0 Å². The maximum atomic E-state index is 13.1. The van der Waals surface area contributed by atoms with Gasteiger partial charge in [0.2, 0.25) is 5.91 Å². The molecule has 0 bridgehead atoms. The molecule has 1 amide bonds. The third-order valence-corrected chi connectivity index (χ3v) is 7.42. The first-order valence-corrected chi connectivity index (χ1v) is 12.7. The van der Waals surface area contributed by atoms with Gasteiger partial charge < -0.3 is 15.3 Å². The van der Waals surface area contributed by atoms with Crippen molar-refractivity contribution < 1.29 is 19.5 Å². The number of carbonyl (C=O) groups is 2. The Morgan fingerprint density at radius 3 is 2.42 bits per heavy atom. The predicted octanol–water partition coefficient (Wildman–Crippen LogP) is 4.47. The van der Waals surface area contributed by atoms with E-state index in [1.807, 2.05) is 13.8 Å². The molecule has 5 atom stereocenters. The van der Waals surface area contributed by atoms with Crippen LogP contribution in [0, 0.1) is 23.7 Å². The molecule has 0 aromatic heterocycles. The standard InChI is InChI=1S/C24H41ClN2O4/c1-4-20(27-31-6-3)23(21(28)5-2)22(29)15-26-24(30)18-13-12-17(25)14-19(18)16-10-8-7-9-11-16/h16-19,22-23,29H,4-15H2,1-3H3,(H,26,30)/b27-20+. The fourth-order valence-electron chi connectivity index (χ4n) is 5.35. The highest BCUT2D eigenvalue weighted by Gasteiger charge is 2.39. The molecule has 2 aliphatic rings. The summed E-state index contributed by atoms with van der Waals surface area (Å²) < 4.78 is 0. The molecular weight excluding hydrogens is 416 g/mol. The number of hydrogen-bond donors (Lipinski definition) is 2. The van der Waals surface area contributed by atoms with Crippen molar-refractivity contribution in [1.82, 2.24) is 5.32 Å². The fraction of sp³-hybridized carbons (Fsp3) is 0.875. The Morgan fingerprint density at radius 1 is 1.10 bits per heavy atom. The summed E-state index contributed by atoms with van der Waals surface area (Å²) in [6, 6.07) is 0. The number of carbonyl (C=O) groups excluding carboxylic acids is 2.